The van der Waals surface area contributed by atoms with Crippen LogP contribution < -0.4 is 20.2 Å². The molecular formula is C13H11N5O4. The summed E-state index contributed by atoms with van der Waals surface area (Å²) in [5.74, 6) is 0.893. The lowest BCUT2D eigenvalue weighted by Crippen LogP contribution is -2.14. The van der Waals surface area contributed by atoms with E-state index in [0.29, 0.717) is 22.9 Å². The summed E-state index contributed by atoms with van der Waals surface area (Å²) in [6.45, 7) is 1.95. The van der Waals surface area contributed by atoms with Crippen LogP contribution in [0.5, 0.6) is 11.5 Å². The van der Waals surface area contributed by atoms with Gasteiger partial charge >= 0.3 is 6.09 Å². The predicted molar refractivity (Wildman–Crippen MR) is 75.5 cm³/mol. The SMILES string of the molecule is CCOC(=O)Nc1cc2c(cc1NN=C(C#N)C#N)OCO2. The molecule has 2 N–H and O–H groups in total. The average molecular weight is 301 g/mol. The highest BCUT2D eigenvalue weighted by Crippen LogP contribution is 2.39. The Balaban J connectivity index is 2.30. The zero-order valence-electron chi connectivity index (χ0n) is 11.5. The molecule has 0 fully saturated rings. The predicted octanol–water partition coefficient (Wildman–Crippen LogP) is 1.80. The van der Waals surface area contributed by atoms with Crippen LogP contribution in [0.15, 0.2) is 17.2 Å². The number of benzene rings is 1. The van der Waals surface area contributed by atoms with Gasteiger partial charge in [-0.15, -0.1) is 0 Å². The maximum Gasteiger partial charge on any atom is 0.411 e. The summed E-state index contributed by atoms with van der Waals surface area (Å²) in [7, 11) is 0. The van der Waals surface area contributed by atoms with E-state index in [1.807, 2.05) is 0 Å². The number of hydrazone groups is 1. The molecule has 9 heteroatoms. The number of carbonyl (C=O) groups excluding carboxylic acids is 1. The maximum absolute atomic E-state index is 11.5. The van der Waals surface area contributed by atoms with E-state index in [0.717, 1.165) is 0 Å². The Morgan fingerprint density at radius 1 is 1.32 bits per heavy atom. The summed E-state index contributed by atoms with van der Waals surface area (Å²) < 4.78 is 15.2. The van der Waals surface area contributed by atoms with Gasteiger partial charge in [0.2, 0.25) is 12.5 Å². The van der Waals surface area contributed by atoms with Crippen molar-refractivity contribution in [2.24, 2.45) is 5.10 Å². The van der Waals surface area contributed by atoms with E-state index in [1.165, 1.54) is 12.1 Å². The maximum atomic E-state index is 11.5. The van der Waals surface area contributed by atoms with Gasteiger partial charge in [-0.05, 0) is 6.92 Å². The monoisotopic (exact) mass is 301 g/mol. The Morgan fingerprint density at radius 2 is 1.95 bits per heavy atom. The molecule has 0 saturated carbocycles. The first-order valence-corrected chi connectivity index (χ1v) is 6.19. The Hall–Kier alpha value is -3.46. The van der Waals surface area contributed by atoms with Crippen molar-refractivity contribution in [2.45, 2.75) is 6.92 Å². The van der Waals surface area contributed by atoms with E-state index in [4.69, 9.17) is 24.7 Å². The number of fused-ring (bicyclic) bond motifs is 1. The van der Waals surface area contributed by atoms with Crippen molar-refractivity contribution in [3.63, 3.8) is 0 Å². The third-order valence-corrected chi connectivity index (χ3v) is 2.52. The molecule has 9 nitrogen and oxygen atoms in total. The standard InChI is InChI=1S/C13H11N5O4/c1-2-20-13(19)16-9-3-11-12(22-7-21-11)4-10(9)18-17-8(5-14)6-15/h3-4,18H,2,7H2,1H3,(H,16,19). The van der Waals surface area contributed by atoms with E-state index >= 15 is 0 Å². The van der Waals surface area contributed by atoms with Gasteiger partial charge in [-0.1, -0.05) is 0 Å². The third kappa shape index (κ3) is 3.35. The molecule has 1 aliphatic heterocycles. The summed E-state index contributed by atoms with van der Waals surface area (Å²) in [5.41, 5.74) is 2.80. The molecule has 0 aromatic heterocycles. The number of hydrogen-bond acceptors (Lipinski definition) is 8. The second-order valence-electron chi connectivity index (χ2n) is 3.89. The van der Waals surface area contributed by atoms with Crippen LogP contribution in [0.4, 0.5) is 16.2 Å². The van der Waals surface area contributed by atoms with Crippen molar-refractivity contribution in [1.82, 2.24) is 0 Å². The Kier molecular flexibility index (Phi) is 4.63. The smallest absolute Gasteiger partial charge is 0.411 e. The number of hydrogen-bond donors (Lipinski definition) is 2. The van der Waals surface area contributed by atoms with E-state index in [1.54, 1.807) is 19.1 Å². The Labute approximate surface area is 125 Å². The van der Waals surface area contributed by atoms with Gasteiger partial charge in [0.05, 0.1) is 18.0 Å². The van der Waals surface area contributed by atoms with Gasteiger partial charge in [-0.25, -0.2) is 4.79 Å². The number of amides is 1. The average Bonchev–Trinajstić information content (AvgIpc) is 2.95. The van der Waals surface area contributed by atoms with Crippen molar-refractivity contribution in [3.8, 4) is 23.6 Å². The van der Waals surface area contributed by atoms with Crippen LogP contribution in [0.25, 0.3) is 0 Å². The number of nitriles is 2. The first kappa shape index (κ1) is 14.9. The van der Waals surface area contributed by atoms with E-state index < -0.39 is 6.09 Å². The molecular weight excluding hydrogens is 290 g/mol. The second kappa shape index (κ2) is 6.81. The number of nitrogens with one attached hydrogen (secondary N) is 2. The molecule has 1 heterocycles. The van der Waals surface area contributed by atoms with Crippen LogP contribution in [0.1, 0.15) is 6.92 Å². The Morgan fingerprint density at radius 3 is 2.55 bits per heavy atom. The molecule has 1 aromatic rings. The quantitative estimate of drug-likeness (QED) is 0.640. The molecule has 0 atom stereocenters. The van der Waals surface area contributed by atoms with Gasteiger partial charge in [0, 0.05) is 12.1 Å². The van der Waals surface area contributed by atoms with Crippen molar-refractivity contribution >= 4 is 23.2 Å². The zero-order valence-corrected chi connectivity index (χ0v) is 11.5. The molecule has 0 bridgehead atoms. The fourth-order valence-corrected chi connectivity index (χ4v) is 1.61. The van der Waals surface area contributed by atoms with E-state index in [-0.39, 0.29) is 19.1 Å². The molecule has 2 rings (SSSR count). The van der Waals surface area contributed by atoms with E-state index in [9.17, 15) is 4.79 Å². The van der Waals surface area contributed by atoms with Gasteiger partial charge in [0.1, 0.15) is 12.1 Å². The van der Waals surface area contributed by atoms with Crippen LogP contribution in [0.3, 0.4) is 0 Å². The molecule has 0 aliphatic carbocycles. The lowest BCUT2D eigenvalue weighted by atomic mass is 10.2. The third-order valence-electron chi connectivity index (χ3n) is 2.52. The number of ether oxygens (including phenoxy) is 3. The van der Waals surface area contributed by atoms with Gasteiger partial charge in [0.25, 0.3) is 0 Å². The lowest BCUT2D eigenvalue weighted by Gasteiger charge is -2.11. The highest BCUT2D eigenvalue weighted by molar-refractivity contribution is 6.10. The minimum absolute atomic E-state index is 0.0581. The number of carbonyl (C=O) groups is 1. The van der Waals surface area contributed by atoms with Gasteiger partial charge in [-0.2, -0.15) is 15.6 Å². The van der Waals surface area contributed by atoms with E-state index in [2.05, 4.69) is 15.8 Å². The van der Waals surface area contributed by atoms with Crippen molar-refractivity contribution in [1.29, 1.82) is 10.5 Å². The first-order chi connectivity index (χ1) is 10.7. The summed E-state index contributed by atoms with van der Waals surface area (Å²) in [5, 5.41) is 23.5. The molecule has 112 valence electrons. The molecule has 0 saturated heterocycles. The minimum atomic E-state index is -0.658. The van der Waals surface area contributed by atoms with Crippen molar-refractivity contribution in [3.05, 3.63) is 12.1 Å². The topological polar surface area (TPSA) is 129 Å². The molecule has 0 spiro atoms. The largest absolute Gasteiger partial charge is 0.454 e. The van der Waals surface area contributed by atoms with Gasteiger partial charge in [0.15, 0.2) is 11.5 Å². The second-order valence-corrected chi connectivity index (χ2v) is 3.89. The number of nitrogens with zero attached hydrogens (tertiary/aromatic N) is 3. The van der Waals surface area contributed by atoms with Crippen LogP contribution in [0.2, 0.25) is 0 Å². The highest BCUT2D eigenvalue weighted by Gasteiger charge is 2.18. The number of rotatable bonds is 4. The fraction of sp³-hybridized carbons (Fsp3) is 0.231. The minimum Gasteiger partial charge on any atom is -0.454 e. The molecule has 0 unspecified atom stereocenters. The van der Waals surface area contributed by atoms with Crippen LogP contribution in [-0.2, 0) is 4.74 Å². The van der Waals surface area contributed by atoms with Crippen LogP contribution in [-0.4, -0.2) is 25.2 Å². The highest BCUT2D eigenvalue weighted by atomic mass is 16.7. The summed E-state index contributed by atoms with van der Waals surface area (Å²) in [4.78, 5) is 11.5. The molecule has 0 radical (unpaired) electrons. The summed E-state index contributed by atoms with van der Waals surface area (Å²) >= 11 is 0. The lowest BCUT2D eigenvalue weighted by molar-refractivity contribution is 0.168. The summed E-state index contributed by atoms with van der Waals surface area (Å²) in [6.07, 6.45) is -0.658. The first-order valence-electron chi connectivity index (χ1n) is 6.19. The van der Waals surface area contributed by atoms with Crippen LogP contribution in [0, 0.1) is 22.7 Å². The normalized spacial score (nSPS) is 10.9. The zero-order chi connectivity index (χ0) is 15.9. The molecule has 1 aromatic carbocycles. The number of anilines is 2. The summed E-state index contributed by atoms with van der Waals surface area (Å²) in [6, 6.07) is 6.28. The van der Waals surface area contributed by atoms with Crippen LogP contribution >= 0.6 is 0 Å². The van der Waals surface area contributed by atoms with Gasteiger partial charge in [-0.3, -0.25) is 10.7 Å². The molecule has 22 heavy (non-hydrogen) atoms. The van der Waals surface area contributed by atoms with Gasteiger partial charge < -0.3 is 14.2 Å². The van der Waals surface area contributed by atoms with Crippen molar-refractivity contribution < 1.29 is 19.0 Å². The van der Waals surface area contributed by atoms with Crippen molar-refractivity contribution in [2.75, 3.05) is 24.1 Å². The molecule has 1 aliphatic rings. The Bertz CT molecular complexity index is 686. The molecule has 1 amide bonds. The fourth-order valence-electron chi connectivity index (χ4n) is 1.61.